The summed E-state index contributed by atoms with van der Waals surface area (Å²) in [5.74, 6) is -2.68. The van der Waals surface area contributed by atoms with Gasteiger partial charge in [0, 0.05) is 25.4 Å². The van der Waals surface area contributed by atoms with Gasteiger partial charge in [0.25, 0.3) is 0 Å². The molecule has 1 aromatic carbocycles. The van der Waals surface area contributed by atoms with Gasteiger partial charge in [-0.05, 0) is 24.3 Å². The number of carboxylic acid groups (broad SMARTS) is 1. The summed E-state index contributed by atoms with van der Waals surface area (Å²) in [7, 11) is -2.00. The predicted molar refractivity (Wildman–Crippen MR) is 72.3 cm³/mol. The Morgan fingerprint density at radius 3 is 2.67 bits per heavy atom. The Hall–Kier alpha value is -2.22. The Labute approximate surface area is 120 Å². The quantitative estimate of drug-likeness (QED) is 0.840. The molecule has 0 atom stereocenters. The number of hydrogen-bond acceptors (Lipinski definition) is 4. The molecule has 1 N–H and O–H groups in total. The molecule has 0 saturated carbocycles. The molecule has 0 radical (unpaired) electrons. The molecular weight excluding hydrogens is 299 g/mol. The molecule has 0 aliphatic rings. The Morgan fingerprint density at radius 2 is 2.10 bits per heavy atom. The molecule has 0 spiro atoms. The van der Waals surface area contributed by atoms with Crippen LogP contribution in [0, 0.1) is 5.82 Å². The molecule has 8 heteroatoms. The van der Waals surface area contributed by atoms with E-state index in [4.69, 9.17) is 5.11 Å². The van der Waals surface area contributed by atoms with Crippen LogP contribution < -0.4 is 0 Å². The van der Waals surface area contributed by atoms with Crippen LogP contribution in [0.1, 0.15) is 16.1 Å². The summed E-state index contributed by atoms with van der Waals surface area (Å²) in [4.78, 5) is 10.6. The third kappa shape index (κ3) is 3.27. The number of aromatic nitrogens is 2. The highest BCUT2D eigenvalue weighted by Gasteiger charge is 2.19. The lowest BCUT2D eigenvalue weighted by Gasteiger charge is -2.06. The van der Waals surface area contributed by atoms with Crippen molar-refractivity contribution < 1.29 is 22.7 Å². The Kier molecular flexibility index (Phi) is 4.08. The highest BCUT2D eigenvalue weighted by atomic mass is 32.2. The largest absolute Gasteiger partial charge is 0.478 e. The summed E-state index contributed by atoms with van der Waals surface area (Å²) in [5, 5.41) is 12.8. The lowest BCUT2D eigenvalue weighted by molar-refractivity contribution is 0.0691. The second kappa shape index (κ2) is 5.65. The molecule has 0 saturated heterocycles. The maximum atomic E-state index is 13.3. The molecule has 0 aliphatic heterocycles. The molecular formula is C13H13FN2O4S. The molecule has 0 fully saturated rings. The van der Waals surface area contributed by atoms with Gasteiger partial charge in [0.15, 0.2) is 9.84 Å². The van der Waals surface area contributed by atoms with Gasteiger partial charge < -0.3 is 5.11 Å². The van der Waals surface area contributed by atoms with Crippen LogP contribution in [0.2, 0.25) is 0 Å². The molecule has 1 heterocycles. The third-order valence-electron chi connectivity index (χ3n) is 3.08. The summed E-state index contributed by atoms with van der Waals surface area (Å²) in [5.41, 5.74) is 0.0794. The van der Waals surface area contributed by atoms with Gasteiger partial charge in [-0.3, -0.25) is 4.68 Å². The third-order valence-corrected chi connectivity index (χ3v) is 4.79. The highest BCUT2D eigenvalue weighted by molar-refractivity contribution is 7.91. The monoisotopic (exact) mass is 312 g/mol. The average Bonchev–Trinajstić information content (AvgIpc) is 2.82. The first-order chi connectivity index (χ1) is 9.81. The van der Waals surface area contributed by atoms with E-state index in [-0.39, 0.29) is 17.1 Å². The number of benzene rings is 1. The van der Waals surface area contributed by atoms with Crippen molar-refractivity contribution in [2.24, 2.45) is 7.05 Å². The number of hydrogen-bond donors (Lipinski definition) is 1. The molecule has 6 nitrogen and oxygen atoms in total. The molecule has 0 bridgehead atoms. The summed E-state index contributed by atoms with van der Waals surface area (Å²) in [6.45, 7) is 0. The average molecular weight is 312 g/mol. The van der Waals surface area contributed by atoms with Crippen LogP contribution in [0.3, 0.4) is 0 Å². The van der Waals surface area contributed by atoms with Crippen molar-refractivity contribution in [1.29, 1.82) is 0 Å². The van der Waals surface area contributed by atoms with Gasteiger partial charge in [0.2, 0.25) is 0 Å². The normalized spacial score (nSPS) is 11.5. The van der Waals surface area contributed by atoms with E-state index in [9.17, 15) is 17.6 Å². The fraction of sp³-hybridized carbons (Fsp3) is 0.231. The van der Waals surface area contributed by atoms with Crippen molar-refractivity contribution in [3.05, 3.63) is 47.5 Å². The van der Waals surface area contributed by atoms with E-state index in [0.717, 1.165) is 23.9 Å². The lowest BCUT2D eigenvalue weighted by atomic mass is 10.2. The Bertz CT molecular complexity index is 783. The number of aromatic carboxylic acids is 1. The standard InChI is InChI=1S/C13H13FN2O4S/c1-16-9(4-6-15-16)5-7-21(19,20)10-2-3-12(14)11(8-10)13(17)18/h2-4,6,8H,5,7H2,1H3,(H,17,18). The van der Waals surface area contributed by atoms with Crippen LogP contribution in [0.15, 0.2) is 35.4 Å². The zero-order valence-corrected chi connectivity index (χ0v) is 12.0. The minimum atomic E-state index is -3.70. The number of aryl methyl sites for hydroxylation is 2. The van der Waals surface area contributed by atoms with Gasteiger partial charge >= 0.3 is 5.97 Å². The molecule has 21 heavy (non-hydrogen) atoms. The van der Waals surface area contributed by atoms with Crippen molar-refractivity contribution in [1.82, 2.24) is 9.78 Å². The van der Waals surface area contributed by atoms with Crippen LogP contribution in [-0.2, 0) is 23.3 Å². The number of sulfone groups is 1. The van der Waals surface area contributed by atoms with Gasteiger partial charge in [-0.15, -0.1) is 0 Å². The molecule has 0 amide bonds. The van der Waals surface area contributed by atoms with Crippen molar-refractivity contribution in [3.63, 3.8) is 0 Å². The number of rotatable bonds is 5. The van der Waals surface area contributed by atoms with Crippen LogP contribution >= 0.6 is 0 Å². The van der Waals surface area contributed by atoms with Crippen LogP contribution in [0.5, 0.6) is 0 Å². The van der Waals surface area contributed by atoms with E-state index in [1.54, 1.807) is 24.0 Å². The SMILES string of the molecule is Cn1nccc1CCS(=O)(=O)c1ccc(F)c(C(=O)O)c1. The fourth-order valence-electron chi connectivity index (χ4n) is 1.87. The van der Waals surface area contributed by atoms with Crippen molar-refractivity contribution in [2.45, 2.75) is 11.3 Å². The molecule has 1 aromatic heterocycles. The van der Waals surface area contributed by atoms with Crippen molar-refractivity contribution >= 4 is 15.8 Å². The highest BCUT2D eigenvalue weighted by Crippen LogP contribution is 2.17. The minimum absolute atomic E-state index is 0.205. The Balaban J connectivity index is 2.26. The second-order valence-corrected chi connectivity index (χ2v) is 6.57. The second-order valence-electron chi connectivity index (χ2n) is 4.46. The summed E-state index contributed by atoms with van der Waals surface area (Å²) >= 11 is 0. The number of carboxylic acids is 1. The van der Waals surface area contributed by atoms with Gasteiger partial charge in [-0.1, -0.05) is 0 Å². The zero-order chi connectivity index (χ0) is 15.6. The fourth-order valence-corrected chi connectivity index (χ4v) is 3.15. The van der Waals surface area contributed by atoms with E-state index < -0.39 is 27.2 Å². The van der Waals surface area contributed by atoms with Crippen LogP contribution in [0.4, 0.5) is 4.39 Å². The molecule has 2 aromatic rings. The summed E-state index contributed by atoms with van der Waals surface area (Å²) in [6, 6.07) is 4.46. The van der Waals surface area contributed by atoms with E-state index >= 15 is 0 Å². The number of carbonyl (C=O) groups is 1. The van der Waals surface area contributed by atoms with Crippen LogP contribution in [-0.4, -0.2) is 35.0 Å². The topological polar surface area (TPSA) is 89.3 Å². The molecule has 0 aliphatic carbocycles. The first kappa shape index (κ1) is 15.2. The lowest BCUT2D eigenvalue weighted by Crippen LogP contribution is -2.13. The maximum absolute atomic E-state index is 13.3. The number of nitrogens with zero attached hydrogens (tertiary/aromatic N) is 2. The van der Waals surface area contributed by atoms with Crippen molar-refractivity contribution in [2.75, 3.05) is 5.75 Å². The van der Waals surface area contributed by atoms with Crippen LogP contribution in [0.25, 0.3) is 0 Å². The smallest absolute Gasteiger partial charge is 0.338 e. The molecule has 2 rings (SSSR count). The van der Waals surface area contributed by atoms with E-state index in [2.05, 4.69) is 5.10 Å². The van der Waals surface area contributed by atoms with Gasteiger partial charge in [0.05, 0.1) is 16.2 Å². The summed E-state index contributed by atoms with van der Waals surface area (Å²) < 4.78 is 39.2. The first-order valence-electron chi connectivity index (χ1n) is 6.04. The van der Waals surface area contributed by atoms with E-state index in [1.807, 2.05) is 0 Å². The van der Waals surface area contributed by atoms with E-state index in [1.165, 1.54) is 0 Å². The molecule has 0 unspecified atom stereocenters. The zero-order valence-electron chi connectivity index (χ0n) is 11.2. The number of halogens is 1. The van der Waals surface area contributed by atoms with Gasteiger partial charge in [-0.2, -0.15) is 5.10 Å². The maximum Gasteiger partial charge on any atom is 0.338 e. The first-order valence-corrected chi connectivity index (χ1v) is 7.69. The van der Waals surface area contributed by atoms with Gasteiger partial charge in [0.1, 0.15) is 5.82 Å². The summed E-state index contributed by atoms with van der Waals surface area (Å²) in [6.07, 6.45) is 1.79. The van der Waals surface area contributed by atoms with Gasteiger partial charge in [-0.25, -0.2) is 17.6 Å². The predicted octanol–water partition coefficient (Wildman–Crippen LogP) is 1.27. The minimum Gasteiger partial charge on any atom is -0.478 e. The van der Waals surface area contributed by atoms with Crippen molar-refractivity contribution in [3.8, 4) is 0 Å². The van der Waals surface area contributed by atoms with E-state index in [0.29, 0.717) is 0 Å². The molecule has 112 valence electrons. The Morgan fingerprint density at radius 1 is 1.38 bits per heavy atom.